The Morgan fingerprint density at radius 3 is 2.57 bits per heavy atom. The molecule has 23 heavy (non-hydrogen) atoms. The molecule has 1 heterocycles. The molecule has 0 unspecified atom stereocenters. The largest absolute Gasteiger partial charge is 0.478 e. The number of benzene rings is 2. The molecule has 116 valence electrons. The van der Waals surface area contributed by atoms with Crippen LogP contribution < -0.4 is 0 Å². The topological polar surface area (TPSA) is 50.2 Å². The van der Waals surface area contributed by atoms with Gasteiger partial charge in [-0.2, -0.15) is 0 Å². The number of aromatic nitrogens is 1. The minimum Gasteiger partial charge on any atom is -0.478 e. The van der Waals surface area contributed by atoms with E-state index in [9.17, 15) is 4.79 Å². The SMILES string of the molecule is Cc1cccc(Cc2csc(Cc3ccc(C(=O)O)cc3)n2)c1. The van der Waals surface area contributed by atoms with Gasteiger partial charge in [-0.15, -0.1) is 11.3 Å². The van der Waals surface area contributed by atoms with Crippen LogP contribution in [0.25, 0.3) is 0 Å². The second-order valence-electron chi connectivity index (χ2n) is 5.58. The van der Waals surface area contributed by atoms with Crippen LogP contribution in [0.15, 0.2) is 53.9 Å². The van der Waals surface area contributed by atoms with E-state index in [0.29, 0.717) is 5.56 Å². The molecular weight excluding hydrogens is 306 g/mol. The van der Waals surface area contributed by atoms with Gasteiger partial charge in [-0.05, 0) is 30.2 Å². The first-order valence-electron chi connectivity index (χ1n) is 7.41. The van der Waals surface area contributed by atoms with Gasteiger partial charge in [-0.3, -0.25) is 0 Å². The fourth-order valence-electron chi connectivity index (χ4n) is 2.48. The number of hydrogen-bond donors (Lipinski definition) is 1. The predicted octanol–water partition coefficient (Wildman–Crippen LogP) is 4.33. The average molecular weight is 323 g/mol. The maximum Gasteiger partial charge on any atom is 0.335 e. The molecule has 0 radical (unpaired) electrons. The number of thiazole rings is 1. The molecule has 0 aliphatic carbocycles. The standard InChI is InChI=1S/C19H17NO2S/c1-13-3-2-4-15(9-13)10-17-12-23-18(20-17)11-14-5-7-16(8-6-14)19(21)22/h2-9,12H,10-11H2,1H3,(H,21,22). The summed E-state index contributed by atoms with van der Waals surface area (Å²) in [5.41, 5.74) is 5.00. The van der Waals surface area contributed by atoms with Crippen molar-refractivity contribution in [1.82, 2.24) is 4.98 Å². The van der Waals surface area contributed by atoms with Crippen LogP contribution in [0, 0.1) is 6.92 Å². The molecule has 3 aromatic rings. The summed E-state index contributed by atoms with van der Waals surface area (Å²) in [6.07, 6.45) is 1.58. The molecule has 0 fully saturated rings. The summed E-state index contributed by atoms with van der Waals surface area (Å²) < 4.78 is 0. The van der Waals surface area contributed by atoms with E-state index in [1.54, 1.807) is 23.5 Å². The first kappa shape index (κ1) is 15.4. The Labute approximate surface area is 139 Å². The maximum absolute atomic E-state index is 10.9. The molecule has 4 heteroatoms. The van der Waals surface area contributed by atoms with Crippen LogP contribution in [0.1, 0.15) is 37.7 Å². The van der Waals surface area contributed by atoms with E-state index in [1.165, 1.54) is 11.1 Å². The van der Waals surface area contributed by atoms with Crippen LogP contribution in [-0.2, 0) is 12.8 Å². The fourth-order valence-corrected chi connectivity index (χ4v) is 3.31. The highest BCUT2D eigenvalue weighted by atomic mass is 32.1. The number of carboxylic acid groups (broad SMARTS) is 1. The van der Waals surface area contributed by atoms with Gasteiger partial charge in [0, 0.05) is 18.2 Å². The molecule has 2 aromatic carbocycles. The van der Waals surface area contributed by atoms with E-state index in [-0.39, 0.29) is 0 Å². The van der Waals surface area contributed by atoms with Crippen molar-refractivity contribution in [2.45, 2.75) is 19.8 Å². The number of hydrogen-bond acceptors (Lipinski definition) is 3. The molecular formula is C19H17NO2S. The van der Waals surface area contributed by atoms with E-state index in [0.717, 1.165) is 29.1 Å². The van der Waals surface area contributed by atoms with Gasteiger partial charge in [0.1, 0.15) is 0 Å². The zero-order valence-electron chi connectivity index (χ0n) is 12.8. The number of carboxylic acids is 1. The minimum absolute atomic E-state index is 0.313. The number of aromatic carboxylic acids is 1. The summed E-state index contributed by atoms with van der Waals surface area (Å²) in [5.74, 6) is -0.897. The lowest BCUT2D eigenvalue weighted by Gasteiger charge is -2.00. The molecule has 0 saturated carbocycles. The highest BCUT2D eigenvalue weighted by Gasteiger charge is 2.06. The zero-order valence-corrected chi connectivity index (χ0v) is 13.6. The lowest BCUT2D eigenvalue weighted by atomic mass is 10.1. The molecule has 0 bridgehead atoms. The van der Waals surface area contributed by atoms with Crippen molar-refractivity contribution in [2.75, 3.05) is 0 Å². The Kier molecular flexibility index (Phi) is 4.53. The van der Waals surface area contributed by atoms with Gasteiger partial charge in [0.2, 0.25) is 0 Å². The van der Waals surface area contributed by atoms with Gasteiger partial charge in [0.05, 0.1) is 16.3 Å². The third-order valence-corrected chi connectivity index (χ3v) is 4.52. The van der Waals surface area contributed by atoms with Gasteiger partial charge in [0.15, 0.2) is 0 Å². The van der Waals surface area contributed by atoms with Crippen molar-refractivity contribution in [3.8, 4) is 0 Å². The molecule has 0 atom stereocenters. The fraction of sp³-hybridized carbons (Fsp3) is 0.158. The second kappa shape index (κ2) is 6.75. The van der Waals surface area contributed by atoms with Crippen LogP contribution in [0.4, 0.5) is 0 Å². The molecule has 3 rings (SSSR count). The molecule has 1 N–H and O–H groups in total. The minimum atomic E-state index is -0.897. The Bertz CT molecular complexity index is 821. The summed E-state index contributed by atoms with van der Waals surface area (Å²) in [6, 6.07) is 15.5. The van der Waals surface area contributed by atoms with Crippen molar-refractivity contribution >= 4 is 17.3 Å². The Morgan fingerprint density at radius 2 is 1.87 bits per heavy atom. The first-order valence-corrected chi connectivity index (χ1v) is 8.29. The Morgan fingerprint density at radius 1 is 1.09 bits per heavy atom. The third-order valence-electron chi connectivity index (χ3n) is 3.62. The van der Waals surface area contributed by atoms with Gasteiger partial charge < -0.3 is 5.11 Å². The van der Waals surface area contributed by atoms with Crippen molar-refractivity contribution in [1.29, 1.82) is 0 Å². The van der Waals surface area contributed by atoms with Crippen LogP contribution in [0.3, 0.4) is 0 Å². The predicted molar refractivity (Wildman–Crippen MR) is 92.3 cm³/mol. The van der Waals surface area contributed by atoms with E-state index < -0.39 is 5.97 Å². The van der Waals surface area contributed by atoms with E-state index in [1.807, 2.05) is 12.1 Å². The lowest BCUT2D eigenvalue weighted by molar-refractivity contribution is 0.0697. The summed E-state index contributed by atoms with van der Waals surface area (Å²) >= 11 is 1.65. The molecule has 0 aliphatic rings. The van der Waals surface area contributed by atoms with Crippen molar-refractivity contribution < 1.29 is 9.90 Å². The molecule has 3 nitrogen and oxygen atoms in total. The summed E-state index contributed by atoms with van der Waals surface area (Å²) in [4.78, 5) is 15.6. The van der Waals surface area contributed by atoms with Crippen LogP contribution in [0.2, 0.25) is 0 Å². The molecule has 0 spiro atoms. The monoisotopic (exact) mass is 323 g/mol. The zero-order chi connectivity index (χ0) is 16.2. The molecule has 0 amide bonds. The van der Waals surface area contributed by atoms with Crippen molar-refractivity contribution in [3.05, 3.63) is 86.9 Å². The van der Waals surface area contributed by atoms with Crippen LogP contribution in [0.5, 0.6) is 0 Å². The van der Waals surface area contributed by atoms with Gasteiger partial charge in [0.25, 0.3) is 0 Å². The molecule has 0 aliphatic heterocycles. The number of aryl methyl sites for hydroxylation is 1. The summed E-state index contributed by atoms with van der Waals surface area (Å²) in [7, 11) is 0. The Balaban J connectivity index is 1.68. The van der Waals surface area contributed by atoms with Gasteiger partial charge in [-0.1, -0.05) is 42.0 Å². The average Bonchev–Trinajstić information content (AvgIpc) is 2.95. The number of carbonyl (C=O) groups is 1. The molecule has 1 aromatic heterocycles. The normalized spacial score (nSPS) is 10.7. The first-order chi connectivity index (χ1) is 11.1. The lowest BCUT2D eigenvalue weighted by Crippen LogP contribution is -1.96. The molecule has 0 saturated heterocycles. The highest BCUT2D eigenvalue weighted by Crippen LogP contribution is 2.18. The van der Waals surface area contributed by atoms with Gasteiger partial charge >= 0.3 is 5.97 Å². The van der Waals surface area contributed by atoms with Crippen molar-refractivity contribution in [2.24, 2.45) is 0 Å². The summed E-state index contributed by atoms with van der Waals surface area (Å²) in [5, 5.41) is 12.1. The Hall–Kier alpha value is -2.46. The number of rotatable bonds is 5. The van der Waals surface area contributed by atoms with Gasteiger partial charge in [-0.25, -0.2) is 9.78 Å². The summed E-state index contributed by atoms with van der Waals surface area (Å²) in [6.45, 7) is 2.09. The van der Waals surface area contributed by atoms with Crippen LogP contribution in [-0.4, -0.2) is 16.1 Å². The quantitative estimate of drug-likeness (QED) is 0.760. The van der Waals surface area contributed by atoms with Crippen LogP contribution >= 0.6 is 11.3 Å². The van der Waals surface area contributed by atoms with Crippen molar-refractivity contribution in [3.63, 3.8) is 0 Å². The number of nitrogens with zero attached hydrogens (tertiary/aromatic N) is 1. The second-order valence-corrected chi connectivity index (χ2v) is 6.52. The highest BCUT2D eigenvalue weighted by molar-refractivity contribution is 7.09. The van der Waals surface area contributed by atoms with E-state index >= 15 is 0 Å². The smallest absolute Gasteiger partial charge is 0.335 e. The van der Waals surface area contributed by atoms with E-state index in [2.05, 4.69) is 36.6 Å². The third kappa shape index (κ3) is 4.05. The van der Waals surface area contributed by atoms with E-state index in [4.69, 9.17) is 10.1 Å². The maximum atomic E-state index is 10.9.